The number of esters is 1. The number of carbonyl (C=O) groups excluding carboxylic acids is 1. The van der Waals surface area contributed by atoms with Gasteiger partial charge in [0.1, 0.15) is 0 Å². The smallest absolute Gasteiger partial charge is 0.374 e. The Morgan fingerprint density at radius 1 is 1.29 bits per heavy atom. The summed E-state index contributed by atoms with van der Waals surface area (Å²) >= 11 is 0. The fourth-order valence-corrected chi connectivity index (χ4v) is 3.37. The predicted octanol–water partition coefficient (Wildman–Crippen LogP) is 3.61. The summed E-state index contributed by atoms with van der Waals surface area (Å²) in [6.45, 7) is 1.97. The molecule has 0 N–H and O–H groups in total. The average molecular weight is 291 g/mol. The van der Waals surface area contributed by atoms with E-state index < -0.39 is 0 Å². The van der Waals surface area contributed by atoms with Crippen molar-refractivity contribution in [2.45, 2.75) is 57.5 Å². The second-order valence-electron chi connectivity index (χ2n) is 6.43. The zero-order valence-electron chi connectivity index (χ0n) is 12.8. The highest BCUT2D eigenvalue weighted by atomic mass is 16.5. The second kappa shape index (κ2) is 6.65. The molecule has 2 fully saturated rings. The van der Waals surface area contributed by atoms with Crippen LogP contribution in [0.1, 0.15) is 61.1 Å². The molecule has 0 unspecified atom stereocenters. The quantitative estimate of drug-likeness (QED) is 0.751. The molecule has 0 aliphatic heterocycles. The van der Waals surface area contributed by atoms with Crippen LogP contribution in [0.5, 0.6) is 0 Å². The highest BCUT2D eigenvalue weighted by Gasteiger charge is 2.30. The summed E-state index contributed by atoms with van der Waals surface area (Å²) in [5.41, 5.74) is 0.966. The van der Waals surface area contributed by atoms with Crippen LogP contribution in [-0.2, 0) is 11.3 Å². The van der Waals surface area contributed by atoms with Crippen molar-refractivity contribution in [1.29, 1.82) is 0 Å². The molecule has 2 aliphatic rings. The van der Waals surface area contributed by atoms with E-state index in [1.807, 2.05) is 6.07 Å². The molecule has 116 valence electrons. The van der Waals surface area contributed by atoms with Gasteiger partial charge in [-0.25, -0.2) is 4.79 Å². The first-order valence-corrected chi connectivity index (χ1v) is 8.16. The first-order chi connectivity index (χ1) is 10.3. The van der Waals surface area contributed by atoms with Crippen LogP contribution in [0.2, 0.25) is 0 Å². The molecule has 0 aromatic carbocycles. The number of rotatable bonds is 6. The minimum Gasteiger partial charge on any atom is -0.463 e. The zero-order chi connectivity index (χ0) is 14.7. The van der Waals surface area contributed by atoms with E-state index in [0.29, 0.717) is 11.8 Å². The summed E-state index contributed by atoms with van der Waals surface area (Å²) in [6, 6.07) is 2.58. The van der Waals surface area contributed by atoms with Crippen LogP contribution in [0, 0.1) is 5.92 Å². The lowest BCUT2D eigenvalue weighted by Crippen LogP contribution is -2.38. The van der Waals surface area contributed by atoms with Crippen molar-refractivity contribution in [3.8, 4) is 0 Å². The standard InChI is InChI=1S/C17H25NO3/c1-20-17(19)16-14(9-10-21-16)12-18(11-13-7-8-13)15-5-3-2-4-6-15/h9-10,13,15H,2-8,11-12H2,1H3. The number of carbonyl (C=O) groups is 1. The van der Waals surface area contributed by atoms with Crippen molar-refractivity contribution >= 4 is 5.97 Å². The van der Waals surface area contributed by atoms with Crippen LogP contribution >= 0.6 is 0 Å². The van der Waals surface area contributed by atoms with Gasteiger partial charge in [0.15, 0.2) is 0 Å². The molecule has 1 heterocycles. The maximum atomic E-state index is 11.8. The number of hydrogen-bond donors (Lipinski definition) is 0. The molecule has 4 nitrogen and oxygen atoms in total. The van der Waals surface area contributed by atoms with Gasteiger partial charge in [-0.05, 0) is 37.7 Å². The van der Waals surface area contributed by atoms with Gasteiger partial charge in [-0.15, -0.1) is 0 Å². The largest absolute Gasteiger partial charge is 0.463 e. The lowest BCUT2D eigenvalue weighted by Gasteiger charge is -2.34. The summed E-state index contributed by atoms with van der Waals surface area (Å²) in [4.78, 5) is 14.3. The number of furan rings is 1. The van der Waals surface area contributed by atoms with E-state index in [0.717, 1.165) is 24.6 Å². The lowest BCUT2D eigenvalue weighted by molar-refractivity contribution is 0.0559. The van der Waals surface area contributed by atoms with Gasteiger partial charge in [0, 0.05) is 24.7 Å². The molecule has 2 saturated carbocycles. The number of ether oxygens (including phenoxy) is 1. The number of methoxy groups -OCH3 is 1. The third-order valence-corrected chi connectivity index (χ3v) is 4.77. The fraction of sp³-hybridized carbons (Fsp3) is 0.706. The van der Waals surface area contributed by atoms with E-state index in [1.54, 1.807) is 6.26 Å². The summed E-state index contributed by atoms with van der Waals surface area (Å²) in [7, 11) is 1.40. The van der Waals surface area contributed by atoms with Gasteiger partial charge in [0.2, 0.25) is 5.76 Å². The predicted molar refractivity (Wildman–Crippen MR) is 80.1 cm³/mol. The Balaban J connectivity index is 1.71. The van der Waals surface area contributed by atoms with Gasteiger partial charge >= 0.3 is 5.97 Å². The summed E-state index contributed by atoms with van der Waals surface area (Å²) in [6.07, 6.45) is 10.9. The Bertz CT molecular complexity index is 472. The summed E-state index contributed by atoms with van der Waals surface area (Å²) in [5, 5.41) is 0. The molecular weight excluding hydrogens is 266 g/mol. The van der Waals surface area contributed by atoms with Crippen LogP contribution < -0.4 is 0 Å². The maximum absolute atomic E-state index is 11.8. The molecule has 0 saturated heterocycles. The van der Waals surface area contributed by atoms with Crippen LogP contribution in [-0.4, -0.2) is 30.6 Å². The molecule has 1 aromatic rings. The minimum atomic E-state index is -0.370. The van der Waals surface area contributed by atoms with Crippen molar-refractivity contribution in [1.82, 2.24) is 4.90 Å². The Morgan fingerprint density at radius 2 is 2.05 bits per heavy atom. The van der Waals surface area contributed by atoms with Crippen LogP contribution in [0.25, 0.3) is 0 Å². The third-order valence-electron chi connectivity index (χ3n) is 4.77. The molecule has 1 aromatic heterocycles. The van der Waals surface area contributed by atoms with Gasteiger partial charge in [0.25, 0.3) is 0 Å². The SMILES string of the molecule is COC(=O)c1occc1CN(CC1CC1)C1CCCCC1. The molecule has 0 radical (unpaired) electrons. The van der Waals surface area contributed by atoms with Crippen molar-refractivity contribution < 1.29 is 13.9 Å². The Morgan fingerprint density at radius 3 is 2.71 bits per heavy atom. The van der Waals surface area contributed by atoms with Gasteiger partial charge in [-0.1, -0.05) is 19.3 Å². The maximum Gasteiger partial charge on any atom is 0.374 e. The molecule has 4 heteroatoms. The minimum absolute atomic E-state index is 0.370. The summed E-state index contributed by atoms with van der Waals surface area (Å²) in [5.74, 6) is 0.861. The number of nitrogens with zero attached hydrogens (tertiary/aromatic N) is 1. The van der Waals surface area contributed by atoms with E-state index in [4.69, 9.17) is 9.15 Å². The Hall–Kier alpha value is -1.29. The van der Waals surface area contributed by atoms with E-state index in [2.05, 4.69) is 4.90 Å². The molecule has 0 amide bonds. The van der Waals surface area contributed by atoms with Gasteiger partial charge in [-0.3, -0.25) is 4.90 Å². The normalized spacial score (nSPS) is 19.9. The second-order valence-corrected chi connectivity index (χ2v) is 6.43. The van der Waals surface area contributed by atoms with E-state index in [1.165, 1.54) is 52.1 Å². The first-order valence-electron chi connectivity index (χ1n) is 8.16. The lowest BCUT2D eigenvalue weighted by atomic mass is 9.93. The molecule has 2 aliphatic carbocycles. The monoisotopic (exact) mass is 291 g/mol. The van der Waals surface area contributed by atoms with Crippen molar-refractivity contribution in [3.05, 3.63) is 23.7 Å². The van der Waals surface area contributed by atoms with E-state index in [-0.39, 0.29) is 5.97 Å². The fourth-order valence-electron chi connectivity index (χ4n) is 3.37. The van der Waals surface area contributed by atoms with Crippen LogP contribution in [0.3, 0.4) is 0 Å². The van der Waals surface area contributed by atoms with Gasteiger partial charge < -0.3 is 9.15 Å². The van der Waals surface area contributed by atoms with Crippen LogP contribution in [0.4, 0.5) is 0 Å². The van der Waals surface area contributed by atoms with Gasteiger partial charge in [-0.2, -0.15) is 0 Å². The third kappa shape index (κ3) is 3.67. The van der Waals surface area contributed by atoms with Crippen molar-refractivity contribution in [2.75, 3.05) is 13.7 Å². The summed E-state index contributed by atoms with van der Waals surface area (Å²) < 4.78 is 10.1. The molecular formula is C17H25NO3. The van der Waals surface area contributed by atoms with Crippen molar-refractivity contribution in [2.24, 2.45) is 5.92 Å². The van der Waals surface area contributed by atoms with E-state index in [9.17, 15) is 4.79 Å². The Kier molecular flexibility index (Phi) is 4.63. The topological polar surface area (TPSA) is 42.7 Å². The zero-order valence-corrected chi connectivity index (χ0v) is 12.8. The molecule has 3 rings (SSSR count). The van der Waals surface area contributed by atoms with Crippen LogP contribution in [0.15, 0.2) is 16.7 Å². The molecule has 21 heavy (non-hydrogen) atoms. The molecule has 0 atom stereocenters. The average Bonchev–Trinajstić information content (AvgIpc) is 3.22. The Labute approximate surface area is 126 Å². The van der Waals surface area contributed by atoms with Gasteiger partial charge in [0.05, 0.1) is 13.4 Å². The molecule has 0 spiro atoms. The first kappa shape index (κ1) is 14.6. The van der Waals surface area contributed by atoms with Crippen molar-refractivity contribution in [3.63, 3.8) is 0 Å². The highest BCUT2D eigenvalue weighted by Crippen LogP contribution is 2.33. The van der Waals surface area contributed by atoms with E-state index >= 15 is 0 Å². The highest BCUT2D eigenvalue weighted by molar-refractivity contribution is 5.87. The number of hydrogen-bond acceptors (Lipinski definition) is 4. The molecule has 0 bridgehead atoms.